The zero-order valence-corrected chi connectivity index (χ0v) is 10.4. The number of nitrogens with two attached hydrogens (primary N) is 1. The van der Waals surface area contributed by atoms with Crippen molar-refractivity contribution < 1.29 is 14.7 Å². The number of hydrogen-bond acceptors (Lipinski definition) is 5. The van der Waals surface area contributed by atoms with E-state index in [0.717, 1.165) is 0 Å². The summed E-state index contributed by atoms with van der Waals surface area (Å²) in [5.74, 6) is -1.62. The van der Waals surface area contributed by atoms with E-state index in [1.54, 1.807) is 18.2 Å². The lowest BCUT2D eigenvalue weighted by Crippen LogP contribution is -2.10. The van der Waals surface area contributed by atoms with Crippen molar-refractivity contribution in [2.75, 3.05) is 0 Å². The Morgan fingerprint density at radius 3 is 2.58 bits per heavy atom. The molecule has 0 unspecified atom stereocenters. The van der Waals surface area contributed by atoms with E-state index in [-0.39, 0.29) is 5.69 Å². The Bertz CT molecular complexity index is 628. The van der Waals surface area contributed by atoms with Crippen LogP contribution in [0.25, 0.3) is 0 Å². The highest BCUT2D eigenvalue weighted by molar-refractivity contribution is 7.99. The number of hydrogen-bond donors (Lipinski definition) is 2. The molecular weight excluding hydrogens is 266 g/mol. The van der Waals surface area contributed by atoms with E-state index >= 15 is 0 Å². The van der Waals surface area contributed by atoms with Crippen LogP contribution in [-0.2, 0) is 0 Å². The molecule has 2 aromatic rings. The molecule has 0 aromatic carbocycles. The van der Waals surface area contributed by atoms with E-state index in [4.69, 9.17) is 10.8 Å². The molecule has 0 aliphatic heterocycles. The fourth-order valence-corrected chi connectivity index (χ4v) is 2.08. The summed E-state index contributed by atoms with van der Waals surface area (Å²) in [7, 11) is 0. The predicted octanol–water partition coefficient (Wildman–Crippen LogP) is 1.42. The normalized spacial score (nSPS) is 10.1. The number of carboxylic acids is 1. The van der Waals surface area contributed by atoms with Crippen molar-refractivity contribution >= 4 is 23.6 Å². The van der Waals surface area contributed by atoms with Crippen LogP contribution >= 0.6 is 11.8 Å². The molecule has 1 amide bonds. The maximum atomic E-state index is 10.9. The molecule has 0 aliphatic carbocycles. The Labute approximate surface area is 112 Å². The van der Waals surface area contributed by atoms with E-state index in [0.29, 0.717) is 15.5 Å². The van der Waals surface area contributed by atoms with Gasteiger partial charge in [-0.25, -0.2) is 14.8 Å². The molecule has 2 aromatic heterocycles. The number of nitrogens with zero attached hydrogens (tertiary/aromatic N) is 2. The fourth-order valence-electron chi connectivity index (χ4n) is 1.30. The molecule has 2 rings (SSSR count). The minimum Gasteiger partial charge on any atom is -0.477 e. The SMILES string of the molecule is NC(=O)c1ccc(Sc2ccnc(C(=O)O)c2)nc1. The molecule has 7 heteroatoms. The van der Waals surface area contributed by atoms with Crippen molar-refractivity contribution in [1.82, 2.24) is 9.97 Å². The van der Waals surface area contributed by atoms with Gasteiger partial charge < -0.3 is 10.8 Å². The quantitative estimate of drug-likeness (QED) is 0.874. The maximum Gasteiger partial charge on any atom is 0.354 e. The molecule has 0 atom stereocenters. The standard InChI is InChI=1S/C12H9N3O3S/c13-11(16)7-1-2-10(15-6-7)19-8-3-4-14-9(5-8)12(17)18/h1-6H,(H2,13,16)(H,17,18). The number of primary amides is 1. The Balaban J connectivity index is 2.19. The van der Waals surface area contributed by atoms with Gasteiger partial charge in [0.05, 0.1) is 5.56 Å². The van der Waals surface area contributed by atoms with E-state index < -0.39 is 11.9 Å². The lowest BCUT2D eigenvalue weighted by Gasteiger charge is -2.02. The molecular formula is C12H9N3O3S. The first kappa shape index (κ1) is 13.0. The summed E-state index contributed by atoms with van der Waals surface area (Å²) < 4.78 is 0. The Morgan fingerprint density at radius 2 is 2.00 bits per heavy atom. The summed E-state index contributed by atoms with van der Waals surface area (Å²) >= 11 is 1.27. The van der Waals surface area contributed by atoms with Gasteiger partial charge in [0.1, 0.15) is 10.7 Å². The molecule has 96 valence electrons. The molecule has 3 N–H and O–H groups in total. The van der Waals surface area contributed by atoms with Gasteiger partial charge in [0.15, 0.2) is 0 Å². The zero-order chi connectivity index (χ0) is 13.8. The second-order valence-corrected chi connectivity index (χ2v) is 4.63. The van der Waals surface area contributed by atoms with Gasteiger partial charge in [0, 0.05) is 17.3 Å². The zero-order valence-electron chi connectivity index (χ0n) is 9.61. The van der Waals surface area contributed by atoms with Gasteiger partial charge in [0.25, 0.3) is 0 Å². The van der Waals surface area contributed by atoms with Crippen LogP contribution < -0.4 is 5.73 Å². The van der Waals surface area contributed by atoms with Crippen molar-refractivity contribution in [1.29, 1.82) is 0 Å². The van der Waals surface area contributed by atoms with Crippen LogP contribution in [-0.4, -0.2) is 27.0 Å². The molecule has 0 saturated heterocycles. The molecule has 2 heterocycles. The third kappa shape index (κ3) is 3.29. The third-order valence-electron chi connectivity index (χ3n) is 2.19. The highest BCUT2D eigenvalue weighted by atomic mass is 32.2. The van der Waals surface area contributed by atoms with Crippen LogP contribution in [0.1, 0.15) is 20.8 Å². The van der Waals surface area contributed by atoms with Crippen LogP contribution in [0.15, 0.2) is 46.6 Å². The molecule has 6 nitrogen and oxygen atoms in total. The Morgan fingerprint density at radius 1 is 1.21 bits per heavy atom. The minimum absolute atomic E-state index is 0.0289. The first-order valence-corrected chi connectivity index (χ1v) is 6.01. The second-order valence-electron chi connectivity index (χ2n) is 3.53. The number of carboxylic acid groups (broad SMARTS) is 1. The number of rotatable bonds is 4. The number of aromatic nitrogens is 2. The van der Waals surface area contributed by atoms with Crippen LogP contribution in [0, 0.1) is 0 Å². The number of amides is 1. The molecule has 0 bridgehead atoms. The third-order valence-corrected chi connectivity index (χ3v) is 3.13. The highest BCUT2D eigenvalue weighted by Gasteiger charge is 2.07. The predicted molar refractivity (Wildman–Crippen MR) is 68.1 cm³/mol. The maximum absolute atomic E-state index is 10.9. The van der Waals surface area contributed by atoms with Crippen molar-refractivity contribution in [3.8, 4) is 0 Å². The summed E-state index contributed by atoms with van der Waals surface area (Å²) in [6, 6.07) is 6.35. The number of aromatic carboxylic acids is 1. The largest absolute Gasteiger partial charge is 0.477 e. The second kappa shape index (κ2) is 5.49. The summed E-state index contributed by atoms with van der Waals surface area (Å²) in [5, 5.41) is 9.47. The number of carbonyl (C=O) groups is 2. The average Bonchev–Trinajstić information content (AvgIpc) is 2.39. The van der Waals surface area contributed by atoms with E-state index in [1.807, 2.05) is 0 Å². The first-order chi connectivity index (χ1) is 9.06. The lowest BCUT2D eigenvalue weighted by molar-refractivity contribution is 0.0690. The molecule has 0 fully saturated rings. The summed E-state index contributed by atoms with van der Waals surface area (Å²) in [6.07, 6.45) is 2.80. The summed E-state index contributed by atoms with van der Waals surface area (Å²) in [5.41, 5.74) is 5.41. The van der Waals surface area contributed by atoms with Crippen molar-refractivity contribution in [2.45, 2.75) is 9.92 Å². The monoisotopic (exact) mass is 275 g/mol. The summed E-state index contributed by atoms with van der Waals surface area (Å²) in [6.45, 7) is 0. The van der Waals surface area contributed by atoms with E-state index in [9.17, 15) is 9.59 Å². The van der Waals surface area contributed by atoms with Crippen molar-refractivity contribution in [3.05, 3.63) is 47.9 Å². The Kier molecular flexibility index (Phi) is 3.76. The molecule has 0 aliphatic rings. The van der Waals surface area contributed by atoms with Crippen LogP contribution in [0.5, 0.6) is 0 Å². The average molecular weight is 275 g/mol. The van der Waals surface area contributed by atoms with Gasteiger partial charge in [-0.15, -0.1) is 0 Å². The van der Waals surface area contributed by atoms with Gasteiger partial charge in [0.2, 0.25) is 5.91 Å². The molecule has 0 radical (unpaired) electrons. The van der Waals surface area contributed by atoms with Crippen molar-refractivity contribution in [3.63, 3.8) is 0 Å². The summed E-state index contributed by atoms with van der Waals surface area (Å²) in [4.78, 5) is 30.2. The van der Waals surface area contributed by atoms with Gasteiger partial charge in [-0.2, -0.15) is 0 Å². The van der Waals surface area contributed by atoms with Gasteiger partial charge in [-0.1, -0.05) is 11.8 Å². The van der Waals surface area contributed by atoms with Gasteiger partial charge in [-0.3, -0.25) is 4.79 Å². The van der Waals surface area contributed by atoms with Crippen molar-refractivity contribution in [2.24, 2.45) is 5.73 Å². The topological polar surface area (TPSA) is 106 Å². The van der Waals surface area contributed by atoms with Crippen LogP contribution in [0.3, 0.4) is 0 Å². The van der Waals surface area contributed by atoms with E-state index in [1.165, 1.54) is 30.2 Å². The number of pyridine rings is 2. The molecule has 19 heavy (non-hydrogen) atoms. The fraction of sp³-hybridized carbons (Fsp3) is 0. The molecule has 0 spiro atoms. The van der Waals surface area contributed by atoms with Crippen LogP contribution in [0.4, 0.5) is 0 Å². The first-order valence-electron chi connectivity index (χ1n) is 5.19. The van der Waals surface area contributed by atoms with Gasteiger partial charge in [-0.05, 0) is 24.3 Å². The minimum atomic E-state index is -1.08. The highest BCUT2D eigenvalue weighted by Crippen LogP contribution is 2.25. The number of carbonyl (C=O) groups excluding carboxylic acids is 1. The Hall–Kier alpha value is -2.41. The van der Waals surface area contributed by atoms with Crippen LogP contribution in [0.2, 0.25) is 0 Å². The van der Waals surface area contributed by atoms with Gasteiger partial charge >= 0.3 is 5.97 Å². The van der Waals surface area contributed by atoms with E-state index in [2.05, 4.69) is 9.97 Å². The molecule has 0 saturated carbocycles. The lowest BCUT2D eigenvalue weighted by atomic mass is 10.3. The smallest absolute Gasteiger partial charge is 0.354 e.